The molecule has 0 aliphatic heterocycles. The molecule has 0 aromatic carbocycles. The van der Waals surface area contributed by atoms with Crippen LogP contribution < -0.4 is 5.32 Å². The molecule has 0 radical (unpaired) electrons. The third kappa shape index (κ3) is 3.20. The second-order valence-electron chi connectivity index (χ2n) is 4.27. The molecule has 0 atom stereocenters. The standard InChI is InChI=1S/C12H15ClN2O/c13-11-6-5-10(8-14-11)15-12(16)7-9-3-1-2-4-9/h5-6,8-9H,1-4,7H2,(H,15,16). The molecule has 1 heterocycles. The van der Waals surface area contributed by atoms with Crippen molar-refractivity contribution in [1.29, 1.82) is 0 Å². The summed E-state index contributed by atoms with van der Waals surface area (Å²) in [5.74, 6) is 0.649. The van der Waals surface area contributed by atoms with Gasteiger partial charge in [0.05, 0.1) is 11.9 Å². The highest BCUT2D eigenvalue weighted by Gasteiger charge is 2.18. The Balaban J connectivity index is 1.84. The Bertz CT molecular complexity index is 358. The molecule has 0 spiro atoms. The molecule has 0 saturated heterocycles. The lowest BCUT2D eigenvalue weighted by Gasteiger charge is -2.09. The van der Waals surface area contributed by atoms with Crippen molar-refractivity contribution in [2.24, 2.45) is 5.92 Å². The quantitative estimate of drug-likeness (QED) is 0.822. The van der Waals surface area contributed by atoms with E-state index < -0.39 is 0 Å². The molecule has 1 aliphatic rings. The number of carbonyl (C=O) groups excluding carboxylic acids is 1. The summed E-state index contributed by atoms with van der Waals surface area (Å²) in [5, 5.41) is 3.27. The Labute approximate surface area is 100 Å². The van der Waals surface area contributed by atoms with Crippen molar-refractivity contribution < 1.29 is 4.79 Å². The summed E-state index contributed by atoms with van der Waals surface area (Å²) in [6.07, 6.45) is 7.11. The number of nitrogens with one attached hydrogen (secondary N) is 1. The maximum absolute atomic E-state index is 11.7. The number of hydrogen-bond acceptors (Lipinski definition) is 2. The van der Waals surface area contributed by atoms with Crippen molar-refractivity contribution in [1.82, 2.24) is 4.98 Å². The zero-order valence-corrected chi connectivity index (χ0v) is 9.83. The van der Waals surface area contributed by atoms with Crippen LogP contribution in [0, 0.1) is 5.92 Å². The SMILES string of the molecule is O=C(CC1CCCC1)Nc1ccc(Cl)nc1. The van der Waals surface area contributed by atoms with Gasteiger partial charge in [0, 0.05) is 6.42 Å². The summed E-state index contributed by atoms with van der Waals surface area (Å²) in [6.45, 7) is 0. The second-order valence-corrected chi connectivity index (χ2v) is 4.66. The molecule has 1 N–H and O–H groups in total. The predicted molar refractivity (Wildman–Crippen MR) is 64.5 cm³/mol. The Kier molecular flexibility index (Phi) is 3.78. The molecule has 86 valence electrons. The van der Waals surface area contributed by atoms with Crippen molar-refractivity contribution in [3.8, 4) is 0 Å². The van der Waals surface area contributed by atoms with Crippen LogP contribution >= 0.6 is 11.6 Å². The van der Waals surface area contributed by atoms with Crippen LogP contribution in [0.2, 0.25) is 5.15 Å². The Morgan fingerprint density at radius 3 is 2.81 bits per heavy atom. The lowest BCUT2D eigenvalue weighted by molar-refractivity contribution is -0.117. The van der Waals surface area contributed by atoms with Crippen molar-refractivity contribution >= 4 is 23.2 Å². The molecule has 1 amide bonds. The molecule has 1 saturated carbocycles. The van der Waals surface area contributed by atoms with Crippen LogP contribution in [0.4, 0.5) is 5.69 Å². The minimum atomic E-state index is 0.0797. The second kappa shape index (κ2) is 5.30. The van der Waals surface area contributed by atoms with Gasteiger partial charge >= 0.3 is 0 Å². The van der Waals surface area contributed by atoms with Crippen LogP contribution in [0.15, 0.2) is 18.3 Å². The highest BCUT2D eigenvalue weighted by Crippen LogP contribution is 2.27. The van der Waals surface area contributed by atoms with Gasteiger partial charge in [0.25, 0.3) is 0 Å². The minimum absolute atomic E-state index is 0.0797. The van der Waals surface area contributed by atoms with Crippen LogP contribution in [0.1, 0.15) is 32.1 Å². The van der Waals surface area contributed by atoms with Gasteiger partial charge in [-0.3, -0.25) is 4.79 Å². The number of carbonyl (C=O) groups is 1. The number of nitrogens with zero attached hydrogens (tertiary/aromatic N) is 1. The van der Waals surface area contributed by atoms with E-state index in [0.717, 1.165) is 0 Å². The Morgan fingerprint density at radius 2 is 2.19 bits per heavy atom. The maximum atomic E-state index is 11.7. The number of hydrogen-bond donors (Lipinski definition) is 1. The van der Waals surface area contributed by atoms with Crippen molar-refractivity contribution in [3.05, 3.63) is 23.5 Å². The van der Waals surface area contributed by atoms with E-state index in [1.165, 1.54) is 25.7 Å². The van der Waals surface area contributed by atoms with Crippen LogP contribution in [0.3, 0.4) is 0 Å². The maximum Gasteiger partial charge on any atom is 0.224 e. The lowest BCUT2D eigenvalue weighted by atomic mass is 10.0. The molecular weight excluding hydrogens is 224 g/mol. The van der Waals surface area contributed by atoms with Gasteiger partial charge in [0.1, 0.15) is 5.15 Å². The van der Waals surface area contributed by atoms with E-state index in [2.05, 4.69) is 10.3 Å². The first kappa shape index (κ1) is 11.4. The van der Waals surface area contributed by atoms with Gasteiger partial charge < -0.3 is 5.32 Å². The molecule has 1 fully saturated rings. The van der Waals surface area contributed by atoms with Gasteiger partial charge in [-0.1, -0.05) is 24.4 Å². The molecule has 4 heteroatoms. The summed E-state index contributed by atoms with van der Waals surface area (Å²) in [4.78, 5) is 15.6. The van der Waals surface area contributed by atoms with Crippen LogP contribution in [0.25, 0.3) is 0 Å². The number of rotatable bonds is 3. The fraction of sp³-hybridized carbons (Fsp3) is 0.500. The number of aromatic nitrogens is 1. The molecule has 3 nitrogen and oxygen atoms in total. The molecule has 16 heavy (non-hydrogen) atoms. The minimum Gasteiger partial charge on any atom is -0.325 e. The average molecular weight is 239 g/mol. The third-order valence-corrected chi connectivity index (χ3v) is 3.18. The number of amides is 1. The zero-order valence-electron chi connectivity index (χ0n) is 9.08. The van der Waals surface area contributed by atoms with Gasteiger partial charge in [0.15, 0.2) is 0 Å². The largest absolute Gasteiger partial charge is 0.325 e. The Hall–Kier alpha value is -1.09. The van der Waals surface area contributed by atoms with Crippen LogP contribution in [0.5, 0.6) is 0 Å². The normalized spacial score (nSPS) is 16.3. The average Bonchev–Trinajstić information content (AvgIpc) is 2.74. The van der Waals surface area contributed by atoms with E-state index in [4.69, 9.17) is 11.6 Å². The molecule has 1 aliphatic carbocycles. The molecule has 0 unspecified atom stereocenters. The van der Waals surface area contributed by atoms with Crippen LogP contribution in [-0.4, -0.2) is 10.9 Å². The van der Waals surface area contributed by atoms with E-state index in [9.17, 15) is 4.79 Å². The van der Waals surface area contributed by atoms with Gasteiger partial charge in [-0.15, -0.1) is 0 Å². The van der Waals surface area contributed by atoms with E-state index in [1.807, 2.05) is 0 Å². The first-order valence-corrected chi connectivity index (χ1v) is 6.03. The van der Waals surface area contributed by atoms with Crippen molar-refractivity contribution in [2.75, 3.05) is 5.32 Å². The summed E-state index contributed by atoms with van der Waals surface area (Å²) >= 11 is 5.66. The summed E-state index contributed by atoms with van der Waals surface area (Å²) in [5.41, 5.74) is 0.715. The monoisotopic (exact) mass is 238 g/mol. The molecule has 0 bridgehead atoms. The van der Waals surface area contributed by atoms with Gasteiger partial charge in [-0.2, -0.15) is 0 Å². The highest BCUT2D eigenvalue weighted by atomic mass is 35.5. The van der Waals surface area contributed by atoms with Crippen LogP contribution in [-0.2, 0) is 4.79 Å². The third-order valence-electron chi connectivity index (χ3n) is 2.96. The fourth-order valence-corrected chi connectivity index (χ4v) is 2.25. The highest BCUT2D eigenvalue weighted by molar-refractivity contribution is 6.29. The van der Waals surface area contributed by atoms with E-state index in [0.29, 0.717) is 23.2 Å². The zero-order chi connectivity index (χ0) is 11.4. The number of anilines is 1. The van der Waals surface area contributed by atoms with E-state index in [-0.39, 0.29) is 5.91 Å². The molecule has 1 aromatic heterocycles. The van der Waals surface area contributed by atoms with Crippen molar-refractivity contribution in [3.63, 3.8) is 0 Å². The molecule has 1 aromatic rings. The number of pyridine rings is 1. The van der Waals surface area contributed by atoms with Gasteiger partial charge in [-0.25, -0.2) is 4.98 Å². The predicted octanol–water partition coefficient (Wildman–Crippen LogP) is 3.25. The van der Waals surface area contributed by atoms with E-state index in [1.54, 1.807) is 18.3 Å². The number of halogens is 1. The molecular formula is C12H15ClN2O. The molecule has 2 rings (SSSR count). The Morgan fingerprint density at radius 1 is 1.44 bits per heavy atom. The fourth-order valence-electron chi connectivity index (χ4n) is 2.14. The lowest BCUT2D eigenvalue weighted by Crippen LogP contribution is -2.15. The summed E-state index contributed by atoms with van der Waals surface area (Å²) < 4.78 is 0. The summed E-state index contributed by atoms with van der Waals surface area (Å²) in [6, 6.07) is 3.44. The van der Waals surface area contributed by atoms with Gasteiger partial charge in [0.2, 0.25) is 5.91 Å². The first-order valence-electron chi connectivity index (χ1n) is 5.65. The van der Waals surface area contributed by atoms with E-state index >= 15 is 0 Å². The van der Waals surface area contributed by atoms with Crippen molar-refractivity contribution in [2.45, 2.75) is 32.1 Å². The van der Waals surface area contributed by atoms with Gasteiger partial charge in [-0.05, 0) is 30.9 Å². The topological polar surface area (TPSA) is 42.0 Å². The summed E-state index contributed by atoms with van der Waals surface area (Å²) in [7, 11) is 0. The smallest absolute Gasteiger partial charge is 0.224 e. The first-order chi connectivity index (χ1) is 7.74.